The second-order valence-corrected chi connectivity index (χ2v) is 6.09. The average Bonchev–Trinajstić information content (AvgIpc) is 2.40. The third kappa shape index (κ3) is 4.05. The number of nitrogens with one attached hydrogen (secondary N) is 1. The first-order valence-electron chi connectivity index (χ1n) is 7.63. The molecule has 0 amide bonds. The molecule has 1 N–H and O–H groups in total. The van der Waals surface area contributed by atoms with E-state index < -0.39 is 0 Å². The molecular weight excluding hydrogens is 232 g/mol. The third-order valence-corrected chi connectivity index (χ3v) is 4.44. The summed E-state index contributed by atoms with van der Waals surface area (Å²) >= 11 is 0. The van der Waals surface area contributed by atoms with Crippen molar-refractivity contribution in [2.75, 3.05) is 14.1 Å². The van der Waals surface area contributed by atoms with Crippen molar-refractivity contribution in [3.63, 3.8) is 0 Å². The van der Waals surface area contributed by atoms with Gasteiger partial charge in [-0.05, 0) is 44.0 Å². The lowest BCUT2D eigenvalue weighted by Crippen LogP contribution is -2.38. The van der Waals surface area contributed by atoms with E-state index in [1.165, 1.54) is 36.8 Å². The van der Waals surface area contributed by atoms with Gasteiger partial charge < -0.3 is 5.32 Å². The monoisotopic (exact) mass is 260 g/mol. The van der Waals surface area contributed by atoms with Gasteiger partial charge in [-0.1, -0.05) is 44.0 Å². The molecule has 2 heteroatoms. The van der Waals surface area contributed by atoms with Gasteiger partial charge >= 0.3 is 0 Å². The molecule has 1 aliphatic carbocycles. The van der Waals surface area contributed by atoms with E-state index in [0.29, 0.717) is 0 Å². The molecule has 0 heterocycles. The molecule has 0 aliphatic heterocycles. The van der Waals surface area contributed by atoms with Crippen LogP contribution >= 0.6 is 0 Å². The van der Waals surface area contributed by atoms with E-state index in [9.17, 15) is 0 Å². The van der Waals surface area contributed by atoms with Crippen LogP contribution in [0.4, 0.5) is 0 Å². The lowest BCUT2D eigenvalue weighted by atomic mass is 9.85. The van der Waals surface area contributed by atoms with Gasteiger partial charge in [0.05, 0.1) is 0 Å². The Bertz CT molecular complexity index is 389. The van der Waals surface area contributed by atoms with Crippen LogP contribution in [-0.4, -0.2) is 25.0 Å². The maximum atomic E-state index is 3.22. The first-order valence-corrected chi connectivity index (χ1v) is 7.63. The van der Waals surface area contributed by atoms with Gasteiger partial charge in [-0.2, -0.15) is 0 Å². The summed E-state index contributed by atoms with van der Waals surface area (Å²) in [5.74, 6) is 0.847. The number of hydrogen-bond acceptors (Lipinski definition) is 2. The molecule has 1 aliphatic rings. The molecule has 1 fully saturated rings. The Morgan fingerprint density at radius 3 is 2.68 bits per heavy atom. The van der Waals surface area contributed by atoms with Gasteiger partial charge in [0, 0.05) is 19.1 Å². The third-order valence-electron chi connectivity index (χ3n) is 4.44. The zero-order valence-electron chi connectivity index (χ0n) is 12.7. The van der Waals surface area contributed by atoms with Crippen LogP contribution in [0.2, 0.25) is 0 Å². The highest BCUT2D eigenvalue weighted by Gasteiger charge is 2.24. The van der Waals surface area contributed by atoms with Crippen molar-refractivity contribution in [3.8, 4) is 0 Å². The summed E-state index contributed by atoms with van der Waals surface area (Å²) < 4.78 is 0. The van der Waals surface area contributed by atoms with Crippen LogP contribution in [0.15, 0.2) is 24.3 Å². The van der Waals surface area contributed by atoms with Crippen LogP contribution < -0.4 is 5.32 Å². The maximum absolute atomic E-state index is 3.22. The highest BCUT2D eigenvalue weighted by atomic mass is 15.1. The highest BCUT2D eigenvalue weighted by Crippen LogP contribution is 2.28. The molecule has 2 unspecified atom stereocenters. The van der Waals surface area contributed by atoms with Gasteiger partial charge in [0.2, 0.25) is 0 Å². The summed E-state index contributed by atoms with van der Waals surface area (Å²) in [7, 11) is 4.29. The molecule has 106 valence electrons. The molecule has 1 aromatic rings. The maximum Gasteiger partial charge on any atom is 0.0233 e. The zero-order valence-corrected chi connectivity index (χ0v) is 12.7. The number of nitrogens with zero attached hydrogens (tertiary/aromatic N) is 1. The molecule has 0 radical (unpaired) electrons. The van der Waals surface area contributed by atoms with Gasteiger partial charge in [0.1, 0.15) is 0 Å². The molecule has 0 aromatic heterocycles. The second-order valence-electron chi connectivity index (χ2n) is 6.09. The van der Waals surface area contributed by atoms with Crippen molar-refractivity contribution in [1.29, 1.82) is 0 Å². The van der Waals surface area contributed by atoms with Crippen molar-refractivity contribution in [2.45, 2.75) is 51.7 Å². The van der Waals surface area contributed by atoms with Crippen LogP contribution in [0.5, 0.6) is 0 Å². The summed E-state index contributed by atoms with van der Waals surface area (Å²) in [6.07, 6.45) is 5.59. The standard InChI is InChI=1S/C17H28N2/c1-14-7-4-5-10-17(14)19(3)13-16-9-6-8-15(11-16)12-18-2/h6,8-9,11,14,17-18H,4-5,7,10,12-13H2,1-3H3. The lowest BCUT2D eigenvalue weighted by molar-refractivity contribution is 0.133. The first kappa shape index (κ1) is 14.5. The Kier molecular flexibility index (Phi) is 5.41. The number of rotatable bonds is 5. The smallest absolute Gasteiger partial charge is 0.0233 e. The Balaban J connectivity index is 1.97. The minimum Gasteiger partial charge on any atom is -0.316 e. The fraction of sp³-hybridized carbons (Fsp3) is 0.647. The highest BCUT2D eigenvalue weighted by molar-refractivity contribution is 5.23. The predicted molar refractivity (Wildman–Crippen MR) is 82.1 cm³/mol. The van der Waals surface area contributed by atoms with Crippen molar-refractivity contribution >= 4 is 0 Å². The van der Waals surface area contributed by atoms with E-state index in [0.717, 1.165) is 25.0 Å². The second kappa shape index (κ2) is 7.06. The molecule has 0 saturated heterocycles. The number of hydrogen-bond donors (Lipinski definition) is 1. The van der Waals surface area contributed by atoms with E-state index in [-0.39, 0.29) is 0 Å². The SMILES string of the molecule is CNCc1cccc(CN(C)C2CCCCC2C)c1. The van der Waals surface area contributed by atoms with Gasteiger partial charge in [0.25, 0.3) is 0 Å². The van der Waals surface area contributed by atoms with Gasteiger partial charge in [-0.25, -0.2) is 0 Å². The fourth-order valence-electron chi connectivity index (χ4n) is 3.40. The molecular formula is C17H28N2. The molecule has 2 rings (SSSR count). The molecule has 0 spiro atoms. The van der Waals surface area contributed by atoms with Crippen LogP contribution in [0.1, 0.15) is 43.7 Å². The summed E-state index contributed by atoms with van der Waals surface area (Å²) in [4.78, 5) is 2.56. The topological polar surface area (TPSA) is 15.3 Å². The van der Waals surface area contributed by atoms with Crippen LogP contribution in [0.3, 0.4) is 0 Å². The summed E-state index contributed by atoms with van der Waals surface area (Å²) in [6.45, 7) is 4.45. The lowest BCUT2D eigenvalue weighted by Gasteiger charge is -2.36. The molecule has 2 atom stereocenters. The zero-order chi connectivity index (χ0) is 13.7. The molecule has 0 bridgehead atoms. The van der Waals surface area contributed by atoms with Crippen molar-refractivity contribution in [3.05, 3.63) is 35.4 Å². The minimum atomic E-state index is 0.765. The van der Waals surface area contributed by atoms with Crippen LogP contribution in [0.25, 0.3) is 0 Å². The van der Waals surface area contributed by atoms with Crippen molar-refractivity contribution in [2.24, 2.45) is 5.92 Å². The summed E-state index contributed by atoms with van der Waals surface area (Å²) in [5.41, 5.74) is 2.82. The summed E-state index contributed by atoms with van der Waals surface area (Å²) in [5, 5.41) is 3.22. The molecule has 1 aromatic carbocycles. The van der Waals surface area contributed by atoms with E-state index in [1.54, 1.807) is 0 Å². The Morgan fingerprint density at radius 1 is 1.21 bits per heavy atom. The predicted octanol–water partition coefficient (Wildman–Crippen LogP) is 3.42. The molecule has 2 nitrogen and oxygen atoms in total. The average molecular weight is 260 g/mol. The van der Waals surface area contributed by atoms with E-state index in [4.69, 9.17) is 0 Å². The van der Waals surface area contributed by atoms with Gasteiger partial charge in [0.15, 0.2) is 0 Å². The first-order chi connectivity index (χ1) is 9.20. The molecule has 19 heavy (non-hydrogen) atoms. The van der Waals surface area contributed by atoms with E-state index in [2.05, 4.69) is 48.5 Å². The van der Waals surface area contributed by atoms with E-state index >= 15 is 0 Å². The largest absolute Gasteiger partial charge is 0.316 e. The van der Waals surface area contributed by atoms with Gasteiger partial charge in [-0.15, -0.1) is 0 Å². The molecule has 1 saturated carbocycles. The number of benzene rings is 1. The fourth-order valence-corrected chi connectivity index (χ4v) is 3.40. The Labute approximate surface area is 118 Å². The van der Waals surface area contributed by atoms with Gasteiger partial charge in [-0.3, -0.25) is 4.90 Å². The van der Waals surface area contributed by atoms with Crippen molar-refractivity contribution in [1.82, 2.24) is 10.2 Å². The Hall–Kier alpha value is -0.860. The Morgan fingerprint density at radius 2 is 1.95 bits per heavy atom. The normalized spacial score (nSPS) is 23.8. The minimum absolute atomic E-state index is 0.765. The quantitative estimate of drug-likeness (QED) is 0.872. The van der Waals surface area contributed by atoms with E-state index in [1.807, 2.05) is 7.05 Å². The van der Waals surface area contributed by atoms with Crippen molar-refractivity contribution < 1.29 is 0 Å². The summed E-state index contributed by atoms with van der Waals surface area (Å²) in [6, 6.07) is 9.73. The van der Waals surface area contributed by atoms with Crippen LogP contribution in [0, 0.1) is 5.92 Å². The van der Waals surface area contributed by atoms with Crippen LogP contribution in [-0.2, 0) is 13.1 Å².